The van der Waals surface area contributed by atoms with Gasteiger partial charge in [-0.05, 0) is 41.3 Å². The van der Waals surface area contributed by atoms with Gasteiger partial charge in [0, 0.05) is 10.7 Å². The highest BCUT2D eigenvalue weighted by atomic mass is 79.9. The molecule has 0 N–H and O–H groups in total. The Bertz CT molecular complexity index is 396. The lowest BCUT2D eigenvalue weighted by Gasteiger charge is -2.27. The van der Waals surface area contributed by atoms with Gasteiger partial charge < -0.3 is 4.74 Å². The largest absolute Gasteiger partial charge is 0.488 e. The summed E-state index contributed by atoms with van der Waals surface area (Å²) in [6, 6.07) is 3.98. The van der Waals surface area contributed by atoms with Gasteiger partial charge in [-0.1, -0.05) is 0 Å². The predicted octanol–water partition coefficient (Wildman–Crippen LogP) is 2.84. The number of ether oxygens (including phenoxy) is 1. The summed E-state index contributed by atoms with van der Waals surface area (Å²) in [5.41, 5.74) is 0.729. The van der Waals surface area contributed by atoms with Gasteiger partial charge in [0.25, 0.3) is 0 Å². The first-order chi connectivity index (χ1) is 7.29. The number of hydrogen-bond acceptors (Lipinski definition) is 3. The minimum Gasteiger partial charge on any atom is -0.488 e. The van der Waals surface area contributed by atoms with Gasteiger partial charge in [0.1, 0.15) is 5.75 Å². The molecule has 78 valence electrons. The normalized spacial score (nSPS) is 15.5. The molecule has 1 saturated carbocycles. The van der Waals surface area contributed by atoms with Crippen LogP contribution in [0.1, 0.15) is 25.0 Å². The molecule has 0 radical (unpaired) electrons. The molecule has 1 fully saturated rings. The lowest BCUT2D eigenvalue weighted by Crippen LogP contribution is -2.25. The Balaban J connectivity index is 2.17. The van der Waals surface area contributed by atoms with Crippen LogP contribution in [0.25, 0.3) is 0 Å². The third-order valence-corrected chi connectivity index (χ3v) is 2.92. The summed E-state index contributed by atoms with van der Waals surface area (Å²) in [5, 5.41) is 8.66. The maximum atomic E-state index is 8.66. The van der Waals surface area contributed by atoms with Gasteiger partial charge in [-0.3, -0.25) is 4.98 Å². The van der Waals surface area contributed by atoms with Crippen molar-refractivity contribution in [3.05, 3.63) is 22.4 Å². The molecule has 0 saturated heterocycles. The van der Waals surface area contributed by atoms with Gasteiger partial charge in [-0.2, -0.15) is 5.26 Å². The molecule has 1 aromatic rings. The molecule has 0 aliphatic heterocycles. The van der Waals surface area contributed by atoms with E-state index in [1.807, 2.05) is 6.07 Å². The Morgan fingerprint density at radius 1 is 1.60 bits per heavy atom. The van der Waals surface area contributed by atoms with Gasteiger partial charge in [-0.15, -0.1) is 0 Å². The first kappa shape index (κ1) is 10.4. The molecule has 1 aliphatic carbocycles. The number of rotatable bonds is 3. The molecule has 1 heterocycles. The molecule has 0 aromatic carbocycles. The molecule has 0 bridgehead atoms. The predicted molar refractivity (Wildman–Crippen MR) is 59.5 cm³/mol. The Labute approximate surface area is 97.2 Å². The van der Waals surface area contributed by atoms with Crippen LogP contribution in [0.2, 0.25) is 0 Å². The molecule has 4 heteroatoms. The van der Waals surface area contributed by atoms with Gasteiger partial charge in [0.05, 0.1) is 24.3 Å². The third kappa shape index (κ3) is 2.48. The lowest BCUT2D eigenvalue weighted by atomic mass is 9.96. The van der Waals surface area contributed by atoms with Crippen molar-refractivity contribution in [2.45, 2.75) is 31.8 Å². The average molecular weight is 267 g/mol. The second kappa shape index (κ2) is 4.63. The second-order valence-corrected chi connectivity index (χ2v) is 4.52. The Morgan fingerprint density at radius 3 is 3.00 bits per heavy atom. The number of pyridine rings is 1. The summed E-state index contributed by atoms with van der Waals surface area (Å²) >= 11 is 3.35. The fourth-order valence-corrected chi connectivity index (χ4v) is 1.74. The van der Waals surface area contributed by atoms with Gasteiger partial charge in [0.2, 0.25) is 0 Å². The summed E-state index contributed by atoms with van der Waals surface area (Å²) in [7, 11) is 0. The quantitative estimate of drug-likeness (QED) is 0.845. The highest BCUT2D eigenvalue weighted by Gasteiger charge is 2.20. The Hall–Kier alpha value is -1.08. The van der Waals surface area contributed by atoms with Crippen molar-refractivity contribution in [2.75, 3.05) is 0 Å². The SMILES string of the molecule is N#CCc1ncc(Br)cc1OC1CCC1. The van der Waals surface area contributed by atoms with Gasteiger partial charge in [-0.25, -0.2) is 0 Å². The monoisotopic (exact) mass is 266 g/mol. The highest BCUT2D eigenvalue weighted by Crippen LogP contribution is 2.28. The average Bonchev–Trinajstić information content (AvgIpc) is 2.16. The second-order valence-electron chi connectivity index (χ2n) is 3.60. The van der Waals surface area contributed by atoms with E-state index in [4.69, 9.17) is 10.00 Å². The van der Waals surface area contributed by atoms with Crippen molar-refractivity contribution in [1.82, 2.24) is 4.98 Å². The molecule has 1 aromatic heterocycles. The number of nitrogens with zero attached hydrogens (tertiary/aromatic N) is 2. The van der Waals surface area contributed by atoms with Crippen LogP contribution in [0, 0.1) is 11.3 Å². The molecular weight excluding hydrogens is 256 g/mol. The first-order valence-electron chi connectivity index (χ1n) is 4.97. The molecular formula is C11H11BrN2O. The van der Waals surface area contributed by atoms with Gasteiger partial charge >= 0.3 is 0 Å². The number of nitriles is 1. The van der Waals surface area contributed by atoms with Crippen molar-refractivity contribution < 1.29 is 4.74 Å². The van der Waals surface area contributed by atoms with Crippen LogP contribution in [-0.2, 0) is 6.42 Å². The standard InChI is InChI=1S/C11H11BrN2O/c12-8-6-11(15-9-2-1-3-9)10(4-5-13)14-7-8/h6-7,9H,1-4H2. The number of hydrogen-bond donors (Lipinski definition) is 0. The molecule has 0 amide bonds. The van der Waals surface area contributed by atoms with E-state index in [-0.39, 0.29) is 0 Å². The molecule has 1 aliphatic rings. The van der Waals surface area contributed by atoms with E-state index >= 15 is 0 Å². The number of halogens is 1. The van der Waals surface area contributed by atoms with Crippen LogP contribution in [-0.4, -0.2) is 11.1 Å². The van der Waals surface area contributed by atoms with Crippen molar-refractivity contribution in [2.24, 2.45) is 0 Å². The van der Waals surface area contributed by atoms with Gasteiger partial charge in [0.15, 0.2) is 0 Å². The van der Waals surface area contributed by atoms with E-state index in [1.165, 1.54) is 6.42 Å². The smallest absolute Gasteiger partial charge is 0.143 e. The Morgan fingerprint density at radius 2 is 2.40 bits per heavy atom. The zero-order valence-corrected chi connectivity index (χ0v) is 9.83. The summed E-state index contributed by atoms with van der Waals surface area (Å²) < 4.78 is 6.66. The zero-order chi connectivity index (χ0) is 10.7. The molecule has 15 heavy (non-hydrogen) atoms. The van der Waals surface area contributed by atoms with E-state index < -0.39 is 0 Å². The third-order valence-electron chi connectivity index (χ3n) is 2.49. The Kier molecular flexibility index (Phi) is 3.22. The fourth-order valence-electron chi connectivity index (χ4n) is 1.43. The van der Waals surface area contributed by atoms with Crippen molar-refractivity contribution >= 4 is 15.9 Å². The van der Waals surface area contributed by atoms with Crippen molar-refractivity contribution in [3.63, 3.8) is 0 Å². The molecule has 2 rings (SSSR count). The highest BCUT2D eigenvalue weighted by molar-refractivity contribution is 9.10. The van der Waals surface area contributed by atoms with Crippen LogP contribution in [0.5, 0.6) is 5.75 Å². The molecule has 3 nitrogen and oxygen atoms in total. The van der Waals surface area contributed by atoms with E-state index in [0.29, 0.717) is 12.5 Å². The van der Waals surface area contributed by atoms with Crippen molar-refractivity contribution in [1.29, 1.82) is 5.26 Å². The topological polar surface area (TPSA) is 45.9 Å². The van der Waals surface area contributed by atoms with E-state index in [9.17, 15) is 0 Å². The molecule has 0 atom stereocenters. The maximum Gasteiger partial charge on any atom is 0.143 e. The first-order valence-corrected chi connectivity index (χ1v) is 5.77. The summed E-state index contributed by atoms with van der Waals surface area (Å²) in [6.45, 7) is 0. The van der Waals surface area contributed by atoms with Crippen LogP contribution in [0.4, 0.5) is 0 Å². The van der Waals surface area contributed by atoms with Crippen LogP contribution in [0.15, 0.2) is 16.7 Å². The van der Waals surface area contributed by atoms with E-state index in [2.05, 4.69) is 27.0 Å². The summed E-state index contributed by atoms with van der Waals surface area (Å²) in [4.78, 5) is 4.19. The van der Waals surface area contributed by atoms with Crippen LogP contribution in [0.3, 0.4) is 0 Å². The van der Waals surface area contributed by atoms with E-state index in [0.717, 1.165) is 28.8 Å². The van der Waals surface area contributed by atoms with Crippen LogP contribution < -0.4 is 4.74 Å². The van der Waals surface area contributed by atoms with Crippen LogP contribution >= 0.6 is 15.9 Å². The molecule has 0 unspecified atom stereocenters. The van der Waals surface area contributed by atoms with E-state index in [1.54, 1.807) is 6.20 Å². The molecule has 0 spiro atoms. The lowest BCUT2D eigenvalue weighted by molar-refractivity contribution is 0.118. The minimum absolute atomic E-state index is 0.301. The summed E-state index contributed by atoms with van der Waals surface area (Å²) in [6.07, 6.45) is 5.77. The minimum atomic E-state index is 0.301. The maximum absolute atomic E-state index is 8.66. The number of aromatic nitrogens is 1. The van der Waals surface area contributed by atoms with Crippen molar-refractivity contribution in [3.8, 4) is 11.8 Å². The fraction of sp³-hybridized carbons (Fsp3) is 0.455. The summed E-state index contributed by atoms with van der Waals surface area (Å²) in [5.74, 6) is 0.746. The zero-order valence-electron chi connectivity index (χ0n) is 8.24.